The molecule has 0 bridgehead atoms. The van der Waals surface area contributed by atoms with Gasteiger partial charge >= 0.3 is 0 Å². The number of sulfonamides is 1. The fraction of sp³-hybridized carbons (Fsp3) is 0.375. The summed E-state index contributed by atoms with van der Waals surface area (Å²) in [6.45, 7) is 3.65. The number of hydrogen-bond acceptors (Lipinski definition) is 4. The van der Waals surface area contributed by atoms with Crippen molar-refractivity contribution in [2.45, 2.75) is 32.1 Å². The predicted molar refractivity (Wildman–Crippen MR) is 84.8 cm³/mol. The van der Waals surface area contributed by atoms with Gasteiger partial charge in [-0.1, -0.05) is 12.1 Å². The van der Waals surface area contributed by atoms with Gasteiger partial charge in [0.2, 0.25) is 10.0 Å². The molecule has 1 heterocycles. The summed E-state index contributed by atoms with van der Waals surface area (Å²) in [5.74, 6) is 0.693. The first-order chi connectivity index (χ1) is 10.8. The second-order valence-corrected chi connectivity index (χ2v) is 7.26. The standard InChI is InChI=1S/C16H20FNO4S/c1-11-9-15(12(2)22-11)16(19)7-8-18-23(20,21)10-13-3-5-14(17)6-4-13/h3-6,9,16,18-19H,7-8,10H2,1-2H3. The van der Waals surface area contributed by atoms with E-state index in [-0.39, 0.29) is 18.7 Å². The summed E-state index contributed by atoms with van der Waals surface area (Å²) in [6, 6.07) is 7.05. The van der Waals surface area contributed by atoms with Gasteiger partial charge in [0.1, 0.15) is 17.3 Å². The largest absolute Gasteiger partial charge is 0.466 e. The molecule has 0 saturated heterocycles. The van der Waals surface area contributed by atoms with Gasteiger partial charge in [-0.2, -0.15) is 0 Å². The van der Waals surface area contributed by atoms with Crippen LogP contribution in [-0.4, -0.2) is 20.1 Å². The molecule has 0 spiro atoms. The minimum Gasteiger partial charge on any atom is -0.466 e. The number of furan rings is 1. The minimum absolute atomic E-state index is 0.106. The molecular formula is C16H20FNO4S. The van der Waals surface area contributed by atoms with E-state index >= 15 is 0 Å². The quantitative estimate of drug-likeness (QED) is 0.811. The summed E-state index contributed by atoms with van der Waals surface area (Å²) < 4.78 is 44.5. The second-order valence-electron chi connectivity index (χ2n) is 5.45. The molecule has 5 nitrogen and oxygen atoms in total. The second kappa shape index (κ2) is 7.25. The first kappa shape index (κ1) is 17.7. The first-order valence-electron chi connectivity index (χ1n) is 7.23. The van der Waals surface area contributed by atoms with Crippen LogP contribution in [0.3, 0.4) is 0 Å². The molecule has 0 saturated carbocycles. The number of aliphatic hydroxyl groups is 1. The lowest BCUT2D eigenvalue weighted by molar-refractivity contribution is 0.167. The van der Waals surface area contributed by atoms with Crippen molar-refractivity contribution in [3.05, 3.63) is 58.8 Å². The lowest BCUT2D eigenvalue weighted by atomic mass is 10.1. The zero-order chi connectivity index (χ0) is 17.0. The average molecular weight is 341 g/mol. The lowest BCUT2D eigenvalue weighted by Gasteiger charge is -2.11. The van der Waals surface area contributed by atoms with Crippen LogP contribution < -0.4 is 4.72 Å². The van der Waals surface area contributed by atoms with Crippen LogP contribution in [0.5, 0.6) is 0 Å². The van der Waals surface area contributed by atoms with Crippen molar-refractivity contribution in [1.29, 1.82) is 0 Å². The Morgan fingerprint density at radius 2 is 1.91 bits per heavy atom. The molecule has 1 aromatic heterocycles. The highest BCUT2D eigenvalue weighted by molar-refractivity contribution is 7.88. The Hall–Kier alpha value is -1.70. The van der Waals surface area contributed by atoms with Crippen LogP contribution in [0.25, 0.3) is 0 Å². The third-order valence-electron chi connectivity index (χ3n) is 3.45. The number of halogens is 1. The van der Waals surface area contributed by atoms with Crippen molar-refractivity contribution < 1.29 is 22.3 Å². The third-order valence-corrected chi connectivity index (χ3v) is 4.81. The highest BCUT2D eigenvalue weighted by atomic mass is 32.2. The molecule has 126 valence electrons. The van der Waals surface area contributed by atoms with Crippen molar-refractivity contribution >= 4 is 10.0 Å². The van der Waals surface area contributed by atoms with Gasteiger partial charge in [0.25, 0.3) is 0 Å². The monoisotopic (exact) mass is 341 g/mol. The summed E-state index contributed by atoms with van der Waals surface area (Å²) in [5.41, 5.74) is 1.17. The number of aliphatic hydroxyl groups excluding tert-OH is 1. The molecule has 2 aromatic rings. The maximum Gasteiger partial charge on any atom is 0.215 e. The molecule has 0 aliphatic heterocycles. The summed E-state index contributed by atoms with van der Waals surface area (Å²) >= 11 is 0. The highest BCUT2D eigenvalue weighted by Crippen LogP contribution is 2.23. The van der Waals surface area contributed by atoms with Gasteiger partial charge in [-0.15, -0.1) is 0 Å². The van der Waals surface area contributed by atoms with Crippen LogP contribution in [0.1, 0.15) is 35.2 Å². The molecule has 1 atom stereocenters. The Bertz CT molecular complexity index is 753. The maximum absolute atomic E-state index is 12.8. The first-order valence-corrected chi connectivity index (χ1v) is 8.89. The zero-order valence-corrected chi connectivity index (χ0v) is 13.9. The highest BCUT2D eigenvalue weighted by Gasteiger charge is 2.16. The van der Waals surface area contributed by atoms with Gasteiger partial charge in [0.05, 0.1) is 11.9 Å². The van der Waals surface area contributed by atoms with Crippen LogP contribution in [0, 0.1) is 19.7 Å². The van der Waals surface area contributed by atoms with E-state index in [0.717, 1.165) is 0 Å². The van der Waals surface area contributed by atoms with Crippen LogP contribution in [0.15, 0.2) is 34.7 Å². The van der Waals surface area contributed by atoms with Crippen LogP contribution >= 0.6 is 0 Å². The molecule has 1 aromatic carbocycles. The summed E-state index contributed by atoms with van der Waals surface area (Å²) in [7, 11) is -3.54. The van der Waals surface area contributed by atoms with Crippen LogP contribution in [0.2, 0.25) is 0 Å². The molecular weight excluding hydrogens is 321 g/mol. The molecule has 7 heteroatoms. The Morgan fingerprint density at radius 3 is 2.48 bits per heavy atom. The number of aryl methyl sites for hydroxylation is 2. The van der Waals surface area contributed by atoms with Crippen molar-refractivity contribution in [2.75, 3.05) is 6.54 Å². The molecule has 23 heavy (non-hydrogen) atoms. The number of benzene rings is 1. The Kier molecular flexibility index (Phi) is 5.56. The van der Waals surface area contributed by atoms with Gasteiger partial charge in [-0.25, -0.2) is 17.5 Å². The van der Waals surface area contributed by atoms with Gasteiger partial charge < -0.3 is 9.52 Å². The molecule has 0 aliphatic rings. The van der Waals surface area contributed by atoms with E-state index in [1.807, 2.05) is 0 Å². The predicted octanol–water partition coefficient (Wildman–Crippen LogP) is 2.58. The Labute approximate surface area is 135 Å². The normalized spacial score (nSPS) is 13.2. The maximum atomic E-state index is 12.8. The van der Waals surface area contributed by atoms with Crippen molar-refractivity contribution in [2.24, 2.45) is 0 Å². The molecule has 0 fully saturated rings. The average Bonchev–Trinajstić information content (AvgIpc) is 2.80. The third kappa shape index (κ3) is 5.16. The lowest BCUT2D eigenvalue weighted by Crippen LogP contribution is -2.27. The molecule has 2 N–H and O–H groups in total. The number of hydrogen-bond donors (Lipinski definition) is 2. The molecule has 0 amide bonds. The summed E-state index contributed by atoms with van der Waals surface area (Å²) in [5, 5.41) is 10.1. The fourth-order valence-electron chi connectivity index (χ4n) is 2.34. The molecule has 1 unspecified atom stereocenters. The number of rotatable bonds is 7. The topological polar surface area (TPSA) is 79.5 Å². The van der Waals surface area contributed by atoms with Crippen LogP contribution in [-0.2, 0) is 15.8 Å². The SMILES string of the molecule is Cc1cc(C(O)CCNS(=O)(=O)Cc2ccc(F)cc2)c(C)o1. The smallest absolute Gasteiger partial charge is 0.215 e. The summed E-state index contributed by atoms with van der Waals surface area (Å²) in [6.07, 6.45) is -0.552. The van der Waals surface area contributed by atoms with Gasteiger partial charge in [0.15, 0.2) is 0 Å². The van der Waals surface area contributed by atoms with Crippen LogP contribution in [0.4, 0.5) is 4.39 Å². The van der Waals surface area contributed by atoms with E-state index in [4.69, 9.17) is 4.42 Å². The van der Waals surface area contributed by atoms with E-state index < -0.39 is 21.9 Å². The Balaban J connectivity index is 1.87. The zero-order valence-electron chi connectivity index (χ0n) is 13.0. The van der Waals surface area contributed by atoms with Crippen molar-refractivity contribution in [1.82, 2.24) is 4.72 Å². The van der Waals surface area contributed by atoms with Gasteiger partial charge in [0, 0.05) is 12.1 Å². The minimum atomic E-state index is -3.54. The van der Waals surface area contributed by atoms with Crippen molar-refractivity contribution in [3.8, 4) is 0 Å². The van der Waals surface area contributed by atoms with E-state index in [2.05, 4.69) is 4.72 Å². The summed E-state index contributed by atoms with van der Waals surface area (Å²) in [4.78, 5) is 0. The molecule has 0 radical (unpaired) electrons. The van der Waals surface area contributed by atoms with E-state index in [1.165, 1.54) is 24.3 Å². The fourth-order valence-corrected chi connectivity index (χ4v) is 3.50. The number of nitrogens with one attached hydrogen (secondary N) is 1. The Morgan fingerprint density at radius 1 is 1.26 bits per heavy atom. The van der Waals surface area contributed by atoms with E-state index in [0.29, 0.717) is 22.6 Å². The van der Waals surface area contributed by atoms with E-state index in [1.54, 1.807) is 19.9 Å². The van der Waals surface area contributed by atoms with Gasteiger partial charge in [-0.05, 0) is 44.0 Å². The van der Waals surface area contributed by atoms with Crippen molar-refractivity contribution in [3.63, 3.8) is 0 Å². The van der Waals surface area contributed by atoms with E-state index in [9.17, 15) is 17.9 Å². The van der Waals surface area contributed by atoms with Gasteiger partial charge in [-0.3, -0.25) is 0 Å². The molecule has 0 aliphatic carbocycles. The molecule has 2 rings (SSSR count).